The van der Waals surface area contributed by atoms with E-state index in [1.807, 2.05) is 25.3 Å². The third kappa shape index (κ3) is 1.73. The SMILES string of the molecule is CC(c1ccco1)n1cc(-c2ncc[nH]2)nn1. The van der Waals surface area contributed by atoms with Crippen LogP contribution in [0.4, 0.5) is 0 Å². The molecule has 0 aromatic carbocycles. The lowest BCUT2D eigenvalue weighted by Gasteiger charge is -2.06. The minimum absolute atomic E-state index is 0.0150. The van der Waals surface area contributed by atoms with Gasteiger partial charge in [-0.05, 0) is 19.1 Å². The van der Waals surface area contributed by atoms with Crippen LogP contribution in [0.1, 0.15) is 18.7 Å². The molecular weight excluding hydrogens is 218 g/mol. The van der Waals surface area contributed by atoms with Gasteiger partial charge in [0, 0.05) is 12.4 Å². The van der Waals surface area contributed by atoms with Crippen LogP contribution in [0.3, 0.4) is 0 Å². The standard InChI is InChI=1S/C11H11N5O/c1-8(10-3-2-6-17-10)16-7-9(14-15-16)11-12-4-5-13-11/h2-8H,1H3,(H,12,13). The third-order valence-electron chi connectivity index (χ3n) is 2.60. The van der Waals surface area contributed by atoms with Crippen molar-refractivity contribution in [2.45, 2.75) is 13.0 Å². The number of imidazole rings is 1. The van der Waals surface area contributed by atoms with E-state index in [1.54, 1.807) is 23.3 Å². The van der Waals surface area contributed by atoms with Gasteiger partial charge >= 0.3 is 0 Å². The molecule has 0 saturated heterocycles. The molecule has 0 amide bonds. The zero-order valence-corrected chi connectivity index (χ0v) is 9.24. The van der Waals surface area contributed by atoms with E-state index < -0.39 is 0 Å². The molecule has 3 heterocycles. The highest BCUT2D eigenvalue weighted by Crippen LogP contribution is 2.19. The second-order valence-corrected chi connectivity index (χ2v) is 3.71. The number of nitrogens with zero attached hydrogens (tertiary/aromatic N) is 4. The number of hydrogen-bond acceptors (Lipinski definition) is 4. The van der Waals surface area contributed by atoms with Gasteiger partial charge in [0.1, 0.15) is 17.5 Å². The van der Waals surface area contributed by atoms with E-state index in [0.717, 1.165) is 5.76 Å². The molecule has 6 nitrogen and oxygen atoms in total. The van der Waals surface area contributed by atoms with Crippen molar-refractivity contribution in [3.63, 3.8) is 0 Å². The van der Waals surface area contributed by atoms with Crippen LogP contribution in [-0.4, -0.2) is 25.0 Å². The van der Waals surface area contributed by atoms with Crippen LogP contribution in [0.15, 0.2) is 41.4 Å². The fourth-order valence-electron chi connectivity index (χ4n) is 1.64. The average molecular weight is 229 g/mol. The summed E-state index contributed by atoms with van der Waals surface area (Å²) in [6.07, 6.45) is 6.93. The van der Waals surface area contributed by atoms with Crippen molar-refractivity contribution in [3.8, 4) is 11.5 Å². The van der Waals surface area contributed by atoms with Crippen LogP contribution in [0.25, 0.3) is 11.5 Å². The monoisotopic (exact) mass is 229 g/mol. The largest absolute Gasteiger partial charge is 0.467 e. The Morgan fingerprint density at radius 1 is 1.47 bits per heavy atom. The lowest BCUT2D eigenvalue weighted by Crippen LogP contribution is -2.06. The average Bonchev–Trinajstić information content (AvgIpc) is 3.09. The first-order valence-electron chi connectivity index (χ1n) is 5.29. The summed E-state index contributed by atoms with van der Waals surface area (Å²) in [5.41, 5.74) is 0.716. The molecule has 0 bridgehead atoms. The highest BCUT2D eigenvalue weighted by molar-refractivity contribution is 5.45. The van der Waals surface area contributed by atoms with Crippen molar-refractivity contribution in [2.75, 3.05) is 0 Å². The zero-order valence-electron chi connectivity index (χ0n) is 9.24. The number of hydrogen-bond donors (Lipinski definition) is 1. The third-order valence-corrected chi connectivity index (χ3v) is 2.60. The summed E-state index contributed by atoms with van der Waals surface area (Å²) in [4.78, 5) is 7.12. The Balaban J connectivity index is 1.90. The van der Waals surface area contributed by atoms with E-state index in [-0.39, 0.29) is 6.04 Å². The van der Waals surface area contributed by atoms with E-state index in [2.05, 4.69) is 20.3 Å². The minimum atomic E-state index is 0.0150. The van der Waals surface area contributed by atoms with E-state index in [1.165, 1.54) is 0 Å². The number of furan rings is 1. The Morgan fingerprint density at radius 2 is 2.41 bits per heavy atom. The van der Waals surface area contributed by atoms with Gasteiger partial charge in [0.05, 0.1) is 12.5 Å². The highest BCUT2D eigenvalue weighted by Gasteiger charge is 2.14. The van der Waals surface area contributed by atoms with E-state index in [0.29, 0.717) is 11.5 Å². The van der Waals surface area contributed by atoms with Crippen LogP contribution in [0.2, 0.25) is 0 Å². The first-order valence-corrected chi connectivity index (χ1v) is 5.29. The number of H-pyrrole nitrogens is 1. The molecule has 0 aliphatic carbocycles. The van der Waals surface area contributed by atoms with Gasteiger partial charge in [0.15, 0.2) is 5.82 Å². The van der Waals surface area contributed by atoms with Crippen LogP contribution in [0, 0.1) is 0 Å². The maximum atomic E-state index is 5.34. The van der Waals surface area contributed by atoms with Gasteiger partial charge < -0.3 is 9.40 Å². The van der Waals surface area contributed by atoms with Crippen LogP contribution < -0.4 is 0 Å². The molecular formula is C11H11N5O. The van der Waals surface area contributed by atoms with Crippen LogP contribution >= 0.6 is 0 Å². The molecule has 1 unspecified atom stereocenters. The Labute approximate surface area is 97.3 Å². The molecule has 17 heavy (non-hydrogen) atoms. The van der Waals surface area contributed by atoms with Gasteiger partial charge in [-0.25, -0.2) is 9.67 Å². The maximum absolute atomic E-state index is 5.34. The van der Waals surface area contributed by atoms with E-state index in [9.17, 15) is 0 Å². The normalized spacial score (nSPS) is 12.8. The maximum Gasteiger partial charge on any atom is 0.159 e. The molecule has 3 rings (SSSR count). The number of aromatic amines is 1. The molecule has 1 atom stereocenters. The van der Waals surface area contributed by atoms with Crippen molar-refractivity contribution >= 4 is 0 Å². The predicted molar refractivity (Wildman–Crippen MR) is 60.1 cm³/mol. The molecule has 6 heteroatoms. The van der Waals surface area contributed by atoms with Crippen molar-refractivity contribution in [1.29, 1.82) is 0 Å². The second kappa shape index (κ2) is 3.89. The topological polar surface area (TPSA) is 72.5 Å². The summed E-state index contributed by atoms with van der Waals surface area (Å²) < 4.78 is 7.08. The molecule has 3 aromatic heterocycles. The quantitative estimate of drug-likeness (QED) is 0.744. The van der Waals surface area contributed by atoms with Crippen LogP contribution in [-0.2, 0) is 0 Å². The summed E-state index contributed by atoms with van der Waals surface area (Å²) in [7, 11) is 0. The second-order valence-electron chi connectivity index (χ2n) is 3.71. The first-order chi connectivity index (χ1) is 8.34. The molecule has 0 saturated carbocycles. The van der Waals surface area contributed by atoms with Gasteiger partial charge in [0.25, 0.3) is 0 Å². The Bertz CT molecular complexity index is 581. The molecule has 0 radical (unpaired) electrons. The van der Waals surface area contributed by atoms with E-state index >= 15 is 0 Å². The van der Waals surface area contributed by atoms with Gasteiger partial charge in [-0.3, -0.25) is 0 Å². The van der Waals surface area contributed by atoms with Gasteiger partial charge in [-0.2, -0.15) is 0 Å². The Morgan fingerprint density at radius 3 is 3.12 bits per heavy atom. The summed E-state index contributed by atoms with van der Waals surface area (Å²) in [6.45, 7) is 2.00. The fourth-order valence-corrected chi connectivity index (χ4v) is 1.64. The molecule has 1 N–H and O–H groups in total. The number of rotatable bonds is 3. The van der Waals surface area contributed by atoms with Gasteiger partial charge in [0.2, 0.25) is 0 Å². The smallest absolute Gasteiger partial charge is 0.159 e. The summed E-state index contributed by atoms with van der Waals surface area (Å²) in [5, 5.41) is 8.14. The van der Waals surface area contributed by atoms with E-state index in [4.69, 9.17) is 4.42 Å². The molecule has 0 aliphatic rings. The molecule has 0 fully saturated rings. The van der Waals surface area contributed by atoms with Crippen molar-refractivity contribution < 1.29 is 4.42 Å². The van der Waals surface area contributed by atoms with Gasteiger partial charge in [-0.1, -0.05) is 5.21 Å². The lowest BCUT2D eigenvalue weighted by atomic mass is 10.2. The van der Waals surface area contributed by atoms with Crippen LogP contribution in [0.5, 0.6) is 0 Å². The molecule has 3 aromatic rings. The first kappa shape index (κ1) is 9.83. The Kier molecular flexibility index (Phi) is 2.25. The summed E-state index contributed by atoms with van der Waals surface area (Å²) >= 11 is 0. The summed E-state index contributed by atoms with van der Waals surface area (Å²) in [6, 6.07) is 3.79. The molecule has 0 aliphatic heterocycles. The van der Waals surface area contributed by atoms with Crippen molar-refractivity contribution in [3.05, 3.63) is 42.7 Å². The zero-order chi connectivity index (χ0) is 11.7. The van der Waals surface area contributed by atoms with Crippen molar-refractivity contribution in [1.82, 2.24) is 25.0 Å². The minimum Gasteiger partial charge on any atom is -0.467 e. The highest BCUT2D eigenvalue weighted by atomic mass is 16.3. The summed E-state index contributed by atoms with van der Waals surface area (Å²) in [5.74, 6) is 1.56. The van der Waals surface area contributed by atoms with Crippen molar-refractivity contribution in [2.24, 2.45) is 0 Å². The molecule has 0 spiro atoms. The Hall–Kier alpha value is -2.37. The van der Waals surface area contributed by atoms with Gasteiger partial charge in [-0.15, -0.1) is 5.10 Å². The lowest BCUT2D eigenvalue weighted by molar-refractivity contribution is 0.419. The fraction of sp³-hybridized carbons (Fsp3) is 0.182. The predicted octanol–water partition coefficient (Wildman–Crippen LogP) is 1.87. The number of nitrogens with one attached hydrogen (secondary N) is 1. The molecule has 86 valence electrons. The number of aromatic nitrogens is 5.